The van der Waals surface area contributed by atoms with Gasteiger partial charge in [0.15, 0.2) is 5.96 Å². The fraction of sp³-hybridized carbons (Fsp3) is 0.577. The predicted molar refractivity (Wildman–Crippen MR) is 146 cm³/mol. The summed E-state index contributed by atoms with van der Waals surface area (Å²) in [5, 5.41) is 17.5. The molecule has 12 nitrogen and oxygen atoms in total. The average Bonchev–Trinajstić information content (AvgIpc) is 2.83. The van der Waals surface area contributed by atoms with E-state index in [0.717, 1.165) is 5.56 Å². The van der Waals surface area contributed by atoms with Gasteiger partial charge in [-0.05, 0) is 36.7 Å². The van der Waals surface area contributed by atoms with E-state index in [0.29, 0.717) is 12.8 Å². The molecule has 0 aromatic heterocycles. The van der Waals surface area contributed by atoms with Crippen molar-refractivity contribution in [1.82, 2.24) is 16.0 Å². The molecule has 212 valence electrons. The summed E-state index contributed by atoms with van der Waals surface area (Å²) in [6.07, 6.45) is 0.979. The molecule has 0 fully saturated rings. The molecule has 0 saturated heterocycles. The van der Waals surface area contributed by atoms with Crippen LogP contribution in [0.3, 0.4) is 0 Å². The van der Waals surface area contributed by atoms with Crippen molar-refractivity contribution in [3.05, 3.63) is 35.9 Å². The lowest BCUT2D eigenvalue weighted by Gasteiger charge is -2.27. The van der Waals surface area contributed by atoms with Crippen molar-refractivity contribution in [3.8, 4) is 0 Å². The lowest BCUT2D eigenvalue weighted by atomic mass is 9.99. The highest BCUT2D eigenvalue weighted by Crippen LogP contribution is 2.09. The van der Waals surface area contributed by atoms with E-state index in [-0.39, 0.29) is 37.2 Å². The fourth-order valence-corrected chi connectivity index (χ4v) is 3.76. The van der Waals surface area contributed by atoms with Crippen molar-refractivity contribution in [2.75, 3.05) is 6.54 Å². The van der Waals surface area contributed by atoms with Crippen LogP contribution in [0.4, 0.5) is 0 Å². The van der Waals surface area contributed by atoms with Crippen LogP contribution >= 0.6 is 0 Å². The van der Waals surface area contributed by atoms with Gasteiger partial charge in [0.05, 0.1) is 6.04 Å². The summed E-state index contributed by atoms with van der Waals surface area (Å²) in [7, 11) is 0. The zero-order valence-corrected chi connectivity index (χ0v) is 22.6. The Kier molecular flexibility index (Phi) is 13.8. The number of carbonyl (C=O) groups excluding carboxylic acids is 3. The van der Waals surface area contributed by atoms with E-state index in [4.69, 9.17) is 17.2 Å². The van der Waals surface area contributed by atoms with E-state index in [1.807, 2.05) is 19.9 Å². The van der Waals surface area contributed by atoms with Crippen LogP contribution in [0.1, 0.15) is 52.5 Å². The number of hydrogen-bond acceptors (Lipinski definition) is 6. The largest absolute Gasteiger partial charge is 0.480 e. The second kappa shape index (κ2) is 16.2. The van der Waals surface area contributed by atoms with Gasteiger partial charge in [-0.1, -0.05) is 58.0 Å². The van der Waals surface area contributed by atoms with E-state index in [9.17, 15) is 24.3 Å². The normalized spacial score (nSPS) is 14.2. The van der Waals surface area contributed by atoms with E-state index >= 15 is 0 Å². The van der Waals surface area contributed by atoms with Crippen molar-refractivity contribution in [3.63, 3.8) is 0 Å². The Bertz CT molecular complexity index is 949. The van der Waals surface area contributed by atoms with Gasteiger partial charge < -0.3 is 38.3 Å². The van der Waals surface area contributed by atoms with E-state index < -0.39 is 47.9 Å². The molecule has 1 rings (SSSR count). The van der Waals surface area contributed by atoms with Crippen LogP contribution in [0.25, 0.3) is 0 Å². The van der Waals surface area contributed by atoms with Crippen LogP contribution in [0.15, 0.2) is 35.3 Å². The topological polar surface area (TPSA) is 215 Å². The minimum atomic E-state index is -1.22. The summed E-state index contributed by atoms with van der Waals surface area (Å²) < 4.78 is 0. The molecule has 4 atom stereocenters. The number of carbonyl (C=O) groups is 4. The molecule has 38 heavy (non-hydrogen) atoms. The third kappa shape index (κ3) is 12.0. The zero-order chi connectivity index (χ0) is 28.8. The van der Waals surface area contributed by atoms with Crippen molar-refractivity contribution < 1.29 is 24.3 Å². The summed E-state index contributed by atoms with van der Waals surface area (Å²) in [5.41, 5.74) is 17.3. The molecule has 0 aliphatic rings. The summed E-state index contributed by atoms with van der Waals surface area (Å²) in [5.74, 6) is -3.12. The number of aliphatic carboxylic acids is 1. The van der Waals surface area contributed by atoms with Gasteiger partial charge in [-0.25, -0.2) is 4.79 Å². The summed E-state index contributed by atoms with van der Waals surface area (Å²) in [4.78, 5) is 54.7. The molecule has 0 heterocycles. The molecule has 1 aromatic carbocycles. The number of aliphatic imine (C=N–C) groups is 1. The number of nitrogens with two attached hydrogens (primary N) is 3. The number of carboxylic acids is 1. The van der Waals surface area contributed by atoms with Crippen molar-refractivity contribution in [2.45, 2.75) is 77.5 Å². The first-order valence-electron chi connectivity index (χ1n) is 12.8. The quantitative estimate of drug-likeness (QED) is 0.0859. The Hall–Kier alpha value is -3.67. The third-order valence-corrected chi connectivity index (χ3v) is 5.78. The molecule has 0 spiro atoms. The highest BCUT2D eigenvalue weighted by Gasteiger charge is 2.31. The first kappa shape index (κ1) is 32.4. The molecule has 4 unspecified atom stereocenters. The molecule has 1 aromatic rings. The number of rotatable bonds is 16. The minimum absolute atomic E-state index is 0.0856. The minimum Gasteiger partial charge on any atom is -0.480 e. The van der Waals surface area contributed by atoms with Crippen molar-refractivity contribution in [1.29, 1.82) is 0 Å². The number of amides is 3. The monoisotopic (exact) mass is 533 g/mol. The van der Waals surface area contributed by atoms with Gasteiger partial charge >= 0.3 is 5.97 Å². The number of benzene rings is 1. The van der Waals surface area contributed by atoms with Gasteiger partial charge in [0, 0.05) is 13.0 Å². The van der Waals surface area contributed by atoms with Crippen LogP contribution in [0, 0.1) is 11.8 Å². The molecule has 0 radical (unpaired) electrons. The number of hydrogen-bond donors (Lipinski definition) is 7. The van der Waals surface area contributed by atoms with Gasteiger partial charge in [0.1, 0.15) is 18.1 Å². The SMILES string of the molecule is CC(C)CC(N)C(=O)NC(C(=O)NC(Cc1ccccc1)C(=O)NC(CCCN=C(N)N)C(=O)O)C(C)C. The molecule has 12 heteroatoms. The van der Waals surface area contributed by atoms with Gasteiger partial charge in [-0.2, -0.15) is 0 Å². The molecule has 3 amide bonds. The highest BCUT2D eigenvalue weighted by atomic mass is 16.4. The molecular weight excluding hydrogens is 490 g/mol. The maximum absolute atomic E-state index is 13.3. The van der Waals surface area contributed by atoms with Crippen LogP contribution in [-0.4, -0.2) is 65.5 Å². The highest BCUT2D eigenvalue weighted by molar-refractivity contribution is 5.94. The Morgan fingerprint density at radius 1 is 0.895 bits per heavy atom. The van der Waals surface area contributed by atoms with Gasteiger partial charge in [0.25, 0.3) is 0 Å². The molecule has 10 N–H and O–H groups in total. The van der Waals surface area contributed by atoms with E-state index in [1.165, 1.54) is 0 Å². The predicted octanol–water partition coefficient (Wildman–Crippen LogP) is -0.149. The summed E-state index contributed by atoms with van der Waals surface area (Å²) in [6, 6.07) is 4.98. The number of nitrogens with one attached hydrogen (secondary N) is 3. The summed E-state index contributed by atoms with van der Waals surface area (Å²) in [6.45, 7) is 7.63. The maximum atomic E-state index is 13.3. The number of guanidine groups is 1. The molecule has 0 aliphatic heterocycles. The van der Waals surface area contributed by atoms with Gasteiger partial charge in [-0.15, -0.1) is 0 Å². The van der Waals surface area contributed by atoms with Crippen LogP contribution in [0.5, 0.6) is 0 Å². The lowest BCUT2D eigenvalue weighted by molar-refractivity contribution is -0.142. The van der Waals surface area contributed by atoms with Crippen LogP contribution < -0.4 is 33.2 Å². The van der Waals surface area contributed by atoms with Gasteiger partial charge in [0.2, 0.25) is 17.7 Å². The molecule has 0 aliphatic carbocycles. The second-order valence-electron chi connectivity index (χ2n) is 10.1. The van der Waals surface area contributed by atoms with Crippen molar-refractivity contribution >= 4 is 29.7 Å². The molecule has 0 bridgehead atoms. The smallest absolute Gasteiger partial charge is 0.326 e. The standard InChI is InChI=1S/C26H43N7O5/c1-15(2)13-18(27)22(34)33-21(16(3)4)24(36)32-20(14-17-9-6-5-7-10-17)23(35)31-19(25(37)38)11-8-12-30-26(28)29/h5-7,9-10,15-16,18-21H,8,11-14,27H2,1-4H3,(H,31,35)(H,32,36)(H,33,34)(H,37,38)(H4,28,29,30). The first-order chi connectivity index (χ1) is 17.8. The Morgan fingerprint density at radius 3 is 2.03 bits per heavy atom. The van der Waals surface area contributed by atoms with Gasteiger partial charge in [-0.3, -0.25) is 19.4 Å². The average molecular weight is 534 g/mol. The van der Waals surface area contributed by atoms with Crippen LogP contribution in [-0.2, 0) is 25.6 Å². The molecular formula is C26H43N7O5. The summed E-state index contributed by atoms with van der Waals surface area (Å²) >= 11 is 0. The first-order valence-corrected chi connectivity index (χ1v) is 12.8. The lowest BCUT2D eigenvalue weighted by Crippen LogP contribution is -2.59. The van der Waals surface area contributed by atoms with Crippen LogP contribution in [0.2, 0.25) is 0 Å². The van der Waals surface area contributed by atoms with E-state index in [2.05, 4.69) is 20.9 Å². The Labute approximate surface area is 224 Å². The Balaban J connectivity index is 3.05. The maximum Gasteiger partial charge on any atom is 0.326 e. The Morgan fingerprint density at radius 2 is 1.50 bits per heavy atom. The van der Waals surface area contributed by atoms with E-state index in [1.54, 1.807) is 38.1 Å². The fourth-order valence-electron chi connectivity index (χ4n) is 3.76. The molecule has 0 saturated carbocycles. The second-order valence-corrected chi connectivity index (χ2v) is 10.1. The van der Waals surface area contributed by atoms with Crippen molar-refractivity contribution in [2.24, 2.45) is 34.0 Å². The number of carboxylic acid groups (broad SMARTS) is 1. The number of nitrogens with zero attached hydrogens (tertiary/aromatic N) is 1. The zero-order valence-electron chi connectivity index (χ0n) is 22.6. The third-order valence-electron chi connectivity index (χ3n) is 5.78.